The molecule has 3 heteroatoms. The van der Waals surface area contributed by atoms with Crippen LogP contribution in [-0.4, -0.2) is 9.36 Å². The Morgan fingerprint density at radius 3 is 3.20 bits per heavy atom. The molecule has 0 aromatic carbocycles. The molecule has 0 atom stereocenters. The lowest BCUT2D eigenvalue weighted by Crippen LogP contribution is -1.75. The smallest absolute Gasteiger partial charge is 0.143 e. The first-order valence-corrected chi connectivity index (χ1v) is 3.81. The van der Waals surface area contributed by atoms with Gasteiger partial charge in [-0.05, 0) is 30.6 Å². The number of fused-ring (bicyclic) bond motifs is 1. The monoisotopic (exact) mass is 150 g/mol. The molecule has 0 radical (unpaired) electrons. The van der Waals surface area contributed by atoms with Crippen LogP contribution in [0.25, 0.3) is 10.2 Å². The van der Waals surface area contributed by atoms with E-state index in [0.29, 0.717) is 0 Å². The molecule has 0 fully saturated rings. The van der Waals surface area contributed by atoms with Gasteiger partial charge >= 0.3 is 0 Å². The van der Waals surface area contributed by atoms with Gasteiger partial charge in [0.1, 0.15) is 4.83 Å². The van der Waals surface area contributed by atoms with E-state index in [2.05, 4.69) is 9.36 Å². The van der Waals surface area contributed by atoms with Gasteiger partial charge in [-0.1, -0.05) is 0 Å². The van der Waals surface area contributed by atoms with E-state index in [1.165, 1.54) is 11.5 Å². The lowest BCUT2D eigenvalue weighted by atomic mass is 10.3. The molecule has 2 aromatic rings. The second-order valence-electron chi connectivity index (χ2n) is 2.17. The fourth-order valence-electron chi connectivity index (χ4n) is 0.848. The Balaban J connectivity index is 2.86. The molecule has 0 N–H and O–H groups in total. The van der Waals surface area contributed by atoms with E-state index < -0.39 is 0 Å². The van der Waals surface area contributed by atoms with E-state index in [9.17, 15) is 0 Å². The van der Waals surface area contributed by atoms with E-state index in [0.717, 1.165) is 15.9 Å². The van der Waals surface area contributed by atoms with Gasteiger partial charge in [0.15, 0.2) is 0 Å². The topological polar surface area (TPSA) is 25.8 Å². The van der Waals surface area contributed by atoms with Crippen LogP contribution in [-0.2, 0) is 0 Å². The Morgan fingerprint density at radius 1 is 1.40 bits per heavy atom. The van der Waals surface area contributed by atoms with Gasteiger partial charge in [0, 0.05) is 11.1 Å². The highest BCUT2D eigenvalue weighted by atomic mass is 32.1. The van der Waals surface area contributed by atoms with Crippen molar-refractivity contribution in [2.75, 3.05) is 0 Å². The zero-order valence-electron chi connectivity index (χ0n) is 5.53. The molecular formula is C7H6N2S. The fraction of sp³-hybridized carbons (Fsp3) is 0.143. The van der Waals surface area contributed by atoms with Crippen LogP contribution >= 0.6 is 11.5 Å². The van der Waals surface area contributed by atoms with Gasteiger partial charge in [0.2, 0.25) is 0 Å². The van der Waals surface area contributed by atoms with Crippen LogP contribution in [0.5, 0.6) is 0 Å². The first-order chi connectivity index (χ1) is 4.86. The molecule has 50 valence electrons. The maximum absolute atomic E-state index is 4.29. The zero-order chi connectivity index (χ0) is 6.97. The number of nitrogens with zero attached hydrogens (tertiary/aromatic N) is 2. The molecule has 2 rings (SSSR count). The standard InChI is InChI=1S/C7H6N2S/c1-5-2-3-6-4-8-10-7(6)9-5/h2-4H,1H3. The van der Waals surface area contributed by atoms with Gasteiger partial charge < -0.3 is 0 Å². The molecule has 0 aliphatic rings. The number of hydrogen-bond donors (Lipinski definition) is 0. The van der Waals surface area contributed by atoms with Gasteiger partial charge in [0.25, 0.3) is 0 Å². The molecule has 0 aliphatic heterocycles. The minimum atomic E-state index is 1.03. The molecule has 0 unspecified atom stereocenters. The normalized spacial score (nSPS) is 10.5. The van der Waals surface area contributed by atoms with E-state index in [1.54, 1.807) is 0 Å². The molecule has 0 bridgehead atoms. The third-order valence-corrected chi connectivity index (χ3v) is 2.07. The van der Waals surface area contributed by atoms with Gasteiger partial charge in [-0.15, -0.1) is 0 Å². The van der Waals surface area contributed by atoms with E-state index >= 15 is 0 Å². The summed E-state index contributed by atoms with van der Waals surface area (Å²) in [6.07, 6.45) is 1.84. The zero-order valence-corrected chi connectivity index (χ0v) is 6.35. The summed E-state index contributed by atoms with van der Waals surface area (Å²) in [5.41, 5.74) is 1.05. The molecular weight excluding hydrogens is 144 g/mol. The Kier molecular flexibility index (Phi) is 1.17. The first-order valence-electron chi connectivity index (χ1n) is 3.04. The molecule has 0 saturated carbocycles. The Morgan fingerprint density at radius 2 is 2.30 bits per heavy atom. The van der Waals surface area contributed by atoms with Gasteiger partial charge in [0.05, 0.1) is 6.20 Å². The third kappa shape index (κ3) is 0.789. The fourth-order valence-corrected chi connectivity index (χ4v) is 1.53. The van der Waals surface area contributed by atoms with Gasteiger partial charge in [-0.3, -0.25) is 0 Å². The minimum absolute atomic E-state index is 1.03. The lowest BCUT2D eigenvalue weighted by molar-refractivity contribution is 1.27. The van der Waals surface area contributed by atoms with Crippen LogP contribution in [0, 0.1) is 6.92 Å². The maximum atomic E-state index is 4.29. The molecule has 0 spiro atoms. The minimum Gasteiger partial charge on any atom is -0.241 e. The maximum Gasteiger partial charge on any atom is 0.143 e. The van der Waals surface area contributed by atoms with Crippen LogP contribution in [0.3, 0.4) is 0 Å². The summed E-state index contributed by atoms with van der Waals surface area (Å²) in [5.74, 6) is 0. The highest BCUT2D eigenvalue weighted by Gasteiger charge is 1.94. The van der Waals surface area contributed by atoms with Crippen LogP contribution in [0.1, 0.15) is 5.69 Å². The number of pyridine rings is 1. The van der Waals surface area contributed by atoms with E-state index in [1.807, 2.05) is 25.3 Å². The van der Waals surface area contributed by atoms with Crippen molar-refractivity contribution in [3.8, 4) is 0 Å². The van der Waals surface area contributed by atoms with Gasteiger partial charge in [-0.25, -0.2) is 4.98 Å². The summed E-state index contributed by atoms with van der Waals surface area (Å²) in [6.45, 7) is 1.99. The van der Waals surface area contributed by atoms with Crippen molar-refractivity contribution >= 4 is 21.7 Å². The van der Waals surface area contributed by atoms with Crippen molar-refractivity contribution in [3.63, 3.8) is 0 Å². The van der Waals surface area contributed by atoms with Crippen LogP contribution in [0.2, 0.25) is 0 Å². The van der Waals surface area contributed by atoms with Gasteiger partial charge in [-0.2, -0.15) is 4.37 Å². The SMILES string of the molecule is Cc1ccc2cnsc2n1. The van der Waals surface area contributed by atoms with Crippen molar-refractivity contribution in [1.29, 1.82) is 0 Å². The van der Waals surface area contributed by atoms with E-state index in [-0.39, 0.29) is 0 Å². The quantitative estimate of drug-likeness (QED) is 0.574. The molecule has 0 saturated heterocycles. The Labute approximate surface area is 62.7 Å². The molecule has 10 heavy (non-hydrogen) atoms. The number of rotatable bonds is 0. The predicted octanol–water partition coefficient (Wildman–Crippen LogP) is 2.00. The average Bonchev–Trinajstić information content (AvgIpc) is 2.33. The van der Waals surface area contributed by atoms with Crippen molar-refractivity contribution in [1.82, 2.24) is 9.36 Å². The second kappa shape index (κ2) is 2.02. The summed E-state index contributed by atoms with van der Waals surface area (Å²) < 4.78 is 4.02. The lowest BCUT2D eigenvalue weighted by Gasteiger charge is -1.87. The number of aromatic nitrogens is 2. The highest BCUT2D eigenvalue weighted by molar-refractivity contribution is 7.12. The van der Waals surface area contributed by atoms with Crippen molar-refractivity contribution in [2.45, 2.75) is 6.92 Å². The Bertz CT molecular complexity index is 353. The first kappa shape index (κ1) is 5.80. The largest absolute Gasteiger partial charge is 0.241 e. The van der Waals surface area contributed by atoms with Crippen LogP contribution < -0.4 is 0 Å². The second-order valence-corrected chi connectivity index (χ2v) is 2.95. The van der Waals surface area contributed by atoms with E-state index in [4.69, 9.17) is 0 Å². The highest BCUT2D eigenvalue weighted by Crippen LogP contribution is 2.14. The number of hydrogen-bond acceptors (Lipinski definition) is 3. The summed E-state index contributed by atoms with van der Waals surface area (Å²) in [7, 11) is 0. The summed E-state index contributed by atoms with van der Waals surface area (Å²) in [5, 5.41) is 1.13. The average molecular weight is 150 g/mol. The predicted molar refractivity (Wildman–Crippen MR) is 42.2 cm³/mol. The van der Waals surface area contributed by atoms with Crippen LogP contribution in [0.15, 0.2) is 18.3 Å². The van der Waals surface area contributed by atoms with Crippen molar-refractivity contribution in [2.24, 2.45) is 0 Å². The third-order valence-electron chi connectivity index (χ3n) is 1.36. The Hall–Kier alpha value is -0.960. The number of aryl methyl sites for hydroxylation is 1. The van der Waals surface area contributed by atoms with Crippen molar-refractivity contribution < 1.29 is 0 Å². The summed E-state index contributed by atoms with van der Waals surface area (Å²) >= 11 is 1.44. The molecule has 2 heterocycles. The molecule has 2 nitrogen and oxygen atoms in total. The van der Waals surface area contributed by atoms with Crippen molar-refractivity contribution in [3.05, 3.63) is 24.0 Å². The molecule has 0 aliphatic carbocycles. The van der Waals surface area contributed by atoms with Crippen LogP contribution in [0.4, 0.5) is 0 Å². The summed E-state index contributed by atoms with van der Waals surface area (Å²) in [4.78, 5) is 5.32. The summed E-state index contributed by atoms with van der Waals surface area (Å²) in [6, 6.07) is 4.04. The molecule has 0 amide bonds. The molecule has 2 aromatic heterocycles.